The van der Waals surface area contributed by atoms with Crippen molar-refractivity contribution in [2.45, 2.75) is 73.3 Å². The van der Waals surface area contributed by atoms with Crippen molar-refractivity contribution < 1.29 is 55.9 Å². The first-order chi connectivity index (χ1) is 18.3. The average Bonchev–Trinajstić information content (AvgIpc) is 3.20. The minimum Gasteiger partial charge on any atom is -0.460 e. The summed E-state index contributed by atoms with van der Waals surface area (Å²) in [7, 11) is -4.62. The number of halogens is 1. The monoisotopic (exact) mass is 596 g/mol. The highest BCUT2D eigenvalue weighted by molar-refractivity contribution is 7.48. The third-order valence-electron chi connectivity index (χ3n) is 5.16. The van der Waals surface area contributed by atoms with Gasteiger partial charge in [0.05, 0.1) is 23.6 Å². The van der Waals surface area contributed by atoms with Crippen molar-refractivity contribution in [1.82, 2.24) is 9.55 Å². The first-order valence-corrected chi connectivity index (χ1v) is 13.5. The van der Waals surface area contributed by atoms with Gasteiger partial charge in [-0.05, 0) is 41.5 Å². The fourth-order valence-corrected chi connectivity index (χ4v) is 3.95. The van der Waals surface area contributed by atoms with Gasteiger partial charge in [0.25, 0.3) is 5.56 Å². The van der Waals surface area contributed by atoms with Crippen LogP contribution in [-0.4, -0.2) is 59.9 Å². The van der Waals surface area contributed by atoms with Gasteiger partial charge in [0.15, 0.2) is 0 Å². The van der Waals surface area contributed by atoms with Gasteiger partial charge < -0.3 is 18.9 Å². The summed E-state index contributed by atoms with van der Waals surface area (Å²) in [6.45, 7) is 8.25. The van der Waals surface area contributed by atoms with Crippen LogP contribution >= 0.6 is 7.82 Å². The van der Waals surface area contributed by atoms with E-state index < -0.39 is 92.3 Å². The highest BCUT2D eigenvalue weighted by Gasteiger charge is 2.42. The Morgan fingerprint density at radius 1 is 1.02 bits per heavy atom. The smallest absolute Gasteiger partial charge is 0.460 e. The van der Waals surface area contributed by atoms with Gasteiger partial charge in [-0.25, -0.2) is 18.4 Å². The third-order valence-corrected chi connectivity index (χ3v) is 6.46. The molecule has 3 unspecified atom stereocenters. The van der Waals surface area contributed by atoms with E-state index in [-0.39, 0.29) is 6.42 Å². The topological polar surface area (TPSA) is 188 Å². The fourth-order valence-electron chi connectivity index (χ4n) is 3.03. The predicted molar refractivity (Wildman–Crippen MR) is 132 cm³/mol. The van der Waals surface area contributed by atoms with E-state index in [4.69, 9.17) is 32.5 Å². The molecular weight excluding hydrogens is 562 g/mol. The molecule has 0 aromatic carbocycles. The van der Waals surface area contributed by atoms with Crippen LogP contribution in [0.5, 0.6) is 0 Å². The van der Waals surface area contributed by atoms with Crippen molar-refractivity contribution in [2.24, 2.45) is 10.8 Å². The second kappa shape index (κ2) is 13.2. The Bertz CT molecular complexity index is 1210. The van der Waals surface area contributed by atoms with Crippen molar-refractivity contribution in [1.29, 1.82) is 0 Å². The van der Waals surface area contributed by atoms with Crippen LogP contribution in [0.15, 0.2) is 15.8 Å². The Morgan fingerprint density at radius 2 is 1.55 bits per heavy atom. The normalized spacial score (nSPS) is 19.8. The summed E-state index contributed by atoms with van der Waals surface area (Å²) in [6.07, 6.45) is -3.01. The van der Waals surface area contributed by atoms with E-state index in [0.717, 1.165) is 11.5 Å². The van der Waals surface area contributed by atoms with Crippen LogP contribution in [0.25, 0.3) is 0 Å². The molecule has 40 heavy (non-hydrogen) atoms. The molecule has 0 spiro atoms. The Morgan fingerprint density at radius 3 is 2.02 bits per heavy atom. The number of nitrogens with one attached hydrogen (secondary N) is 1. The number of rotatable bonds is 11. The molecule has 1 fully saturated rings. The van der Waals surface area contributed by atoms with E-state index in [1.807, 2.05) is 0 Å². The molecule has 15 nitrogen and oxygen atoms in total. The lowest BCUT2D eigenvalue weighted by Crippen LogP contribution is -2.34. The summed E-state index contributed by atoms with van der Waals surface area (Å²) in [5.41, 5.74) is -4.02. The maximum Gasteiger partial charge on any atom is 0.480 e. The summed E-state index contributed by atoms with van der Waals surface area (Å²) in [5.74, 6) is -3.35. The number of phosphoric ester groups is 1. The van der Waals surface area contributed by atoms with E-state index in [1.165, 1.54) is 0 Å². The molecule has 1 aliphatic rings. The Kier molecular flexibility index (Phi) is 11.0. The first-order valence-electron chi connectivity index (χ1n) is 12.0. The van der Waals surface area contributed by atoms with Gasteiger partial charge in [-0.3, -0.25) is 33.3 Å². The Balaban J connectivity index is 2.18. The maximum atomic E-state index is 13.8. The fraction of sp³-hybridized carbons (Fsp3) is 0.696. The van der Waals surface area contributed by atoms with E-state index in [2.05, 4.69) is 0 Å². The van der Waals surface area contributed by atoms with Crippen molar-refractivity contribution in [3.8, 4) is 0 Å². The SMILES string of the molecule is CC(=O)OC1CC(n2cc(F)c(=O)[nH]c2=O)OC1COP(=O)(OCOC(=O)C(C)(C)C)OCOC(=O)C(C)(C)C. The number of carbonyl (C=O) groups is 3. The van der Waals surface area contributed by atoms with Crippen LogP contribution < -0.4 is 11.2 Å². The van der Waals surface area contributed by atoms with Crippen molar-refractivity contribution in [2.75, 3.05) is 20.2 Å². The lowest BCUT2D eigenvalue weighted by atomic mass is 9.98. The maximum absolute atomic E-state index is 13.8. The van der Waals surface area contributed by atoms with E-state index >= 15 is 0 Å². The highest BCUT2D eigenvalue weighted by atomic mass is 31.2. The van der Waals surface area contributed by atoms with Gasteiger partial charge in [-0.15, -0.1) is 0 Å². The molecule has 0 aliphatic carbocycles. The van der Waals surface area contributed by atoms with Gasteiger partial charge >= 0.3 is 31.4 Å². The van der Waals surface area contributed by atoms with Crippen molar-refractivity contribution in [3.05, 3.63) is 32.9 Å². The zero-order chi connectivity index (χ0) is 30.5. The molecule has 1 aromatic heterocycles. The standard InChI is InChI=1S/C23H34FN2O13P/c1-13(27)38-15-8-17(26-9-14(24)18(28)25-21(26)31)39-16(15)10-35-40(32,36-11-33-19(29)22(2,3)4)37-12-34-20(30)23(5,6)7/h9,15-17H,8,10-12H2,1-7H3,(H,25,28,31). The lowest BCUT2D eigenvalue weighted by molar-refractivity contribution is -0.163. The molecule has 0 bridgehead atoms. The molecule has 0 saturated carbocycles. The van der Waals surface area contributed by atoms with Crippen LogP contribution in [-0.2, 0) is 51.5 Å². The van der Waals surface area contributed by atoms with Crippen LogP contribution in [0, 0.1) is 16.6 Å². The number of hydrogen-bond acceptors (Lipinski definition) is 13. The van der Waals surface area contributed by atoms with E-state index in [9.17, 15) is 32.9 Å². The molecule has 226 valence electrons. The van der Waals surface area contributed by atoms with Gasteiger partial charge in [-0.2, -0.15) is 4.39 Å². The molecule has 2 rings (SSSR count). The largest absolute Gasteiger partial charge is 0.480 e. The van der Waals surface area contributed by atoms with Crippen molar-refractivity contribution >= 4 is 25.7 Å². The van der Waals surface area contributed by atoms with E-state index in [0.29, 0.717) is 6.20 Å². The summed E-state index contributed by atoms with van der Waals surface area (Å²) in [5, 5.41) is 0. The van der Waals surface area contributed by atoms with Crippen LogP contribution in [0.3, 0.4) is 0 Å². The molecule has 1 aromatic rings. The number of ether oxygens (including phenoxy) is 4. The Hall–Kier alpha value is -2.91. The minimum atomic E-state index is -4.62. The number of hydrogen-bond donors (Lipinski definition) is 1. The first kappa shape index (κ1) is 33.3. The number of nitrogens with zero attached hydrogens (tertiary/aromatic N) is 1. The van der Waals surface area contributed by atoms with Crippen LogP contribution in [0.1, 0.15) is 61.1 Å². The summed E-state index contributed by atoms with van der Waals surface area (Å²) in [4.78, 5) is 61.0. The minimum absolute atomic E-state index is 0.169. The van der Waals surface area contributed by atoms with Crippen LogP contribution in [0.2, 0.25) is 0 Å². The second-order valence-electron chi connectivity index (χ2n) is 10.8. The number of aromatic amines is 1. The van der Waals surface area contributed by atoms with Gasteiger partial charge in [0, 0.05) is 13.3 Å². The number of esters is 3. The molecule has 1 N–H and O–H groups in total. The number of phosphoric acid groups is 1. The summed E-state index contributed by atoms with van der Waals surface area (Å²) in [6, 6.07) is 0. The molecule has 1 aliphatic heterocycles. The van der Waals surface area contributed by atoms with E-state index in [1.54, 1.807) is 46.5 Å². The predicted octanol–water partition coefficient (Wildman–Crippen LogP) is 2.15. The zero-order valence-electron chi connectivity index (χ0n) is 23.2. The molecule has 0 amide bonds. The van der Waals surface area contributed by atoms with Crippen molar-refractivity contribution in [3.63, 3.8) is 0 Å². The van der Waals surface area contributed by atoms with Gasteiger partial charge in [0.2, 0.25) is 19.4 Å². The molecule has 1 saturated heterocycles. The molecular formula is C23H34FN2O13P. The summed E-state index contributed by atoms with van der Waals surface area (Å²) >= 11 is 0. The summed E-state index contributed by atoms with van der Waals surface area (Å²) < 4.78 is 64.0. The quantitative estimate of drug-likeness (QED) is 0.170. The average molecular weight is 596 g/mol. The Labute approximate surface area is 228 Å². The molecule has 17 heteroatoms. The second-order valence-corrected chi connectivity index (χ2v) is 12.4. The van der Waals surface area contributed by atoms with Crippen LogP contribution in [0.4, 0.5) is 4.39 Å². The number of H-pyrrole nitrogens is 1. The molecule has 0 radical (unpaired) electrons. The van der Waals surface area contributed by atoms with Gasteiger partial charge in [-0.1, -0.05) is 0 Å². The molecule has 3 atom stereocenters. The third kappa shape index (κ3) is 9.63. The highest BCUT2D eigenvalue weighted by Crippen LogP contribution is 2.50. The lowest BCUT2D eigenvalue weighted by Gasteiger charge is -2.23. The molecule has 2 heterocycles. The van der Waals surface area contributed by atoms with Gasteiger partial charge in [0.1, 0.15) is 18.4 Å². The number of aromatic nitrogens is 2. The zero-order valence-corrected chi connectivity index (χ0v) is 24.1. The number of carbonyl (C=O) groups excluding carboxylic acids is 3.